The number of rotatable bonds is 5. The molecule has 4 aromatic rings. The highest BCUT2D eigenvalue weighted by molar-refractivity contribution is 7.12. The van der Waals surface area contributed by atoms with Gasteiger partial charge in [0.1, 0.15) is 23.0 Å². The van der Waals surface area contributed by atoms with Gasteiger partial charge in [-0.25, -0.2) is 0 Å². The minimum atomic E-state index is -1.61. The van der Waals surface area contributed by atoms with Crippen molar-refractivity contribution in [2.75, 3.05) is 19.1 Å². The molecule has 8 heteroatoms. The molecule has 3 heterocycles. The number of benzene rings is 3. The standard InChI is InChI=1S/C33H24ClNO5S/c1-39-20-11-12-23(25(17-20)40-2)28-29(30(36)26-8-5-15-41-26)35-24-13-10-19(34)16-18(24)9-14-27(35)33(28)31(37)21-6-3-4-7-22(21)32(33)38/h3-17,27-29H,1-2H3/t27-,28+,29+/m0/s1. The maximum absolute atomic E-state index is 14.7. The SMILES string of the molecule is COc1ccc([C@@H]2[C@H](C(=O)c3cccs3)N3c4ccc(Cl)cc4C=C[C@H]3C23C(=O)c2ccccc2C3=O)c(OC)c1. The molecule has 0 N–H and O–H groups in total. The highest BCUT2D eigenvalue weighted by Gasteiger charge is 2.72. The number of ether oxygens (including phenoxy) is 2. The van der Waals surface area contributed by atoms with Crippen LogP contribution in [0.25, 0.3) is 6.08 Å². The van der Waals surface area contributed by atoms with Crippen molar-refractivity contribution >= 4 is 52.1 Å². The third-order valence-electron chi connectivity index (χ3n) is 8.57. The largest absolute Gasteiger partial charge is 0.497 e. The van der Waals surface area contributed by atoms with Crippen LogP contribution < -0.4 is 14.4 Å². The van der Waals surface area contributed by atoms with E-state index in [1.165, 1.54) is 18.4 Å². The van der Waals surface area contributed by atoms with Crippen molar-refractivity contribution in [1.82, 2.24) is 0 Å². The number of thiophene rings is 1. The second-order valence-corrected chi connectivity index (χ2v) is 11.7. The molecule has 2 aliphatic heterocycles. The van der Waals surface area contributed by atoms with E-state index in [2.05, 4.69) is 0 Å². The molecule has 1 aromatic heterocycles. The number of nitrogens with zero attached hydrogens (tertiary/aromatic N) is 1. The van der Waals surface area contributed by atoms with Crippen LogP contribution >= 0.6 is 22.9 Å². The Bertz CT molecular complexity index is 1740. The molecule has 0 saturated carbocycles. The second-order valence-electron chi connectivity index (χ2n) is 10.4. The Kier molecular flexibility index (Phi) is 5.92. The fraction of sp³-hybridized carbons (Fsp3) is 0.182. The van der Waals surface area contributed by atoms with Gasteiger partial charge in [0.15, 0.2) is 17.3 Å². The van der Waals surface area contributed by atoms with E-state index in [-0.39, 0.29) is 17.3 Å². The molecule has 7 rings (SSSR count). The summed E-state index contributed by atoms with van der Waals surface area (Å²) in [7, 11) is 3.09. The molecule has 6 nitrogen and oxygen atoms in total. The lowest BCUT2D eigenvalue weighted by molar-refractivity contribution is 0.0665. The van der Waals surface area contributed by atoms with E-state index in [1.807, 2.05) is 46.7 Å². The minimum Gasteiger partial charge on any atom is -0.497 e. The summed E-state index contributed by atoms with van der Waals surface area (Å²) >= 11 is 7.70. The summed E-state index contributed by atoms with van der Waals surface area (Å²) in [4.78, 5) is 46.6. The Morgan fingerprint density at radius 1 is 0.927 bits per heavy atom. The minimum absolute atomic E-state index is 0.169. The molecule has 1 saturated heterocycles. The van der Waals surface area contributed by atoms with Gasteiger partial charge in [-0.2, -0.15) is 0 Å². The smallest absolute Gasteiger partial charge is 0.195 e. The van der Waals surface area contributed by atoms with Crippen LogP contribution in [0, 0.1) is 5.41 Å². The fourth-order valence-corrected chi connectivity index (χ4v) is 7.81. The summed E-state index contributed by atoms with van der Waals surface area (Å²) in [5.41, 5.74) is 1.27. The van der Waals surface area contributed by atoms with E-state index in [0.717, 1.165) is 11.3 Å². The molecule has 3 aromatic carbocycles. The maximum atomic E-state index is 14.7. The second kappa shape index (κ2) is 9.43. The van der Waals surface area contributed by atoms with E-state index in [9.17, 15) is 14.4 Å². The molecule has 204 valence electrons. The molecule has 3 atom stereocenters. The van der Waals surface area contributed by atoms with Crippen molar-refractivity contribution in [2.45, 2.75) is 18.0 Å². The van der Waals surface area contributed by atoms with Crippen LogP contribution in [0.3, 0.4) is 0 Å². The molecule has 1 spiro atoms. The van der Waals surface area contributed by atoms with E-state index >= 15 is 0 Å². The van der Waals surface area contributed by atoms with Gasteiger partial charge >= 0.3 is 0 Å². The number of fused-ring (bicyclic) bond motifs is 5. The summed E-state index contributed by atoms with van der Waals surface area (Å²) in [6, 6.07) is 19.7. The molecule has 0 amide bonds. The number of anilines is 1. The van der Waals surface area contributed by atoms with Gasteiger partial charge in [0.2, 0.25) is 0 Å². The lowest BCUT2D eigenvalue weighted by Crippen LogP contribution is -2.48. The number of ketones is 3. The molecule has 1 aliphatic carbocycles. The first-order valence-electron chi connectivity index (χ1n) is 13.2. The molecule has 0 radical (unpaired) electrons. The Morgan fingerprint density at radius 3 is 2.34 bits per heavy atom. The fourth-order valence-electron chi connectivity index (χ4n) is 6.93. The summed E-state index contributed by atoms with van der Waals surface area (Å²) in [6.07, 6.45) is 3.78. The third kappa shape index (κ3) is 3.46. The average molecular weight is 582 g/mol. The van der Waals surface area contributed by atoms with Crippen LogP contribution in [0.1, 0.15) is 47.4 Å². The average Bonchev–Trinajstić information content (AvgIpc) is 3.70. The molecule has 0 bridgehead atoms. The molecule has 41 heavy (non-hydrogen) atoms. The first-order valence-corrected chi connectivity index (χ1v) is 14.4. The third-order valence-corrected chi connectivity index (χ3v) is 9.69. The zero-order valence-electron chi connectivity index (χ0n) is 22.2. The first kappa shape index (κ1) is 25.7. The molecule has 1 fully saturated rings. The topological polar surface area (TPSA) is 72.9 Å². The van der Waals surface area contributed by atoms with Gasteiger partial charge in [0.25, 0.3) is 0 Å². The Hall–Kier alpha value is -4.20. The predicted molar refractivity (Wildman–Crippen MR) is 159 cm³/mol. The maximum Gasteiger partial charge on any atom is 0.195 e. The Balaban J connectivity index is 1.57. The van der Waals surface area contributed by atoms with E-state index in [1.54, 1.807) is 55.6 Å². The van der Waals surface area contributed by atoms with Crippen LogP contribution in [0.15, 0.2) is 84.3 Å². The highest BCUT2D eigenvalue weighted by Crippen LogP contribution is 2.62. The van der Waals surface area contributed by atoms with Crippen molar-refractivity contribution in [3.8, 4) is 11.5 Å². The highest BCUT2D eigenvalue weighted by atomic mass is 35.5. The van der Waals surface area contributed by atoms with Gasteiger partial charge in [-0.3, -0.25) is 14.4 Å². The Labute approximate surface area is 245 Å². The quantitative estimate of drug-likeness (QED) is 0.192. The molecular formula is C33H24ClNO5S. The van der Waals surface area contributed by atoms with Gasteiger partial charge < -0.3 is 14.4 Å². The van der Waals surface area contributed by atoms with Crippen molar-refractivity contribution in [1.29, 1.82) is 0 Å². The van der Waals surface area contributed by atoms with Gasteiger partial charge in [-0.15, -0.1) is 11.3 Å². The number of hydrogen-bond donors (Lipinski definition) is 0. The van der Waals surface area contributed by atoms with Gasteiger partial charge in [0, 0.05) is 39.4 Å². The normalized spacial score (nSPS) is 21.5. The monoisotopic (exact) mass is 581 g/mol. The summed E-state index contributed by atoms with van der Waals surface area (Å²) in [5.74, 6) is -0.628. The predicted octanol–water partition coefficient (Wildman–Crippen LogP) is 6.74. The van der Waals surface area contributed by atoms with E-state index < -0.39 is 23.4 Å². The molecular weight excluding hydrogens is 558 g/mol. The van der Waals surface area contributed by atoms with Crippen LogP contribution in [0.5, 0.6) is 11.5 Å². The first-order chi connectivity index (χ1) is 19.9. The van der Waals surface area contributed by atoms with E-state index in [0.29, 0.717) is 38.1 Å². The van der Waals surface area contributed by atoms with Crippen molar-refractivity contribution in [3.63, 3.8) is 0 Å². The van der Waals surface area contributed by atoms with E-state index in [4.69, 9.17) is 21.1 Å². The molecule has 0 unspecified atom stereocenters. The van der Waals surface area contributed by atoms with Gasteiger partial charge in [-0.05, 0) is 41.3 Å². The van der Waals surface area contributed by atoms with Crippen molar-refractivity contribution < 1.29 is 23.9 Å². The number of halogens is 1. The van der Waals surface area contributed by atoms with Crippen LogP contribution in [0.2, 0.25) is 5.02 Å². The Morgan fingerprint density at radius 2 is 1.68 bits per heavy atom. The summed E-state index contributed by atoms with van der Waals surface area (Å²) < 4.78 is 11.3. The zero-order chi connectivity index (χ0) is 28.5. The van der Waals surface area contributed by atoms with Crippen molar-refractivity contribution in [2.24, 2.45) is 5.41 Å². The number of Topliss-reactive ketones (excluding diaryl/α,β-unsaturated/α-hetero) is 3. The number of carbonyl (C=O) groups is 3. The lowest BCUT2D eigenvalue weighted by atomic mass is 9.64. The summed E-state index contributed by atoms with van der Waals surface area (Å²) in [6.45, 7) is 0. The van der Waals surface area contributed by atoms with Crippen LogP contribution in [0.4, 0.5) is 5.69 Å². The van der Waals surface area contributed by atoms with Crippen molar-refractivity contribution in [3.05, 3.63) is 116 Å². The number of hydrogen-bond acceptors (Lipinski definition) is 7. The number of carbonyl (C=O) groups excluding carboxylic acids is 3. The lowest BCUT2D eigenvalue weighted by Gasteiger charge is -2.37. The van der Waals surface area contributed by atoms with Gasteiger partial charge in [-0.1, -0.05) is 60.2 Å². The molecule has 3 aliphatic rings. The van der Waals surface area contributed by atoms with Gasteiger partial charge in [0.05, 0.1) is 25.1 Å². The number of methoxy groups -OCH3 is 2. The summed E-state index contributed by atoms with van der Waals surface area (Å²) in [5, 5.41) is 2.40. The zero-order valence-corrected chi connectivity index (χ0v) is 23.7. The van der Waals surface area contributed by atoms with Crippen LogP contribution in [-0.4, -0.2) is 43.7 Å². The van der Waals surface area contributed by atoms with Crippen LogP contribution in [-0.2, 0) is 0 Å².